The second-order valence-electron chi connectivity index (χ2n) is 6.41. The number of nitrogens with one attached hydrogen (secondary N) is 3. The summed E-state index contributed by atoms with van der Waals surface area (Å²) < 4.78 is 0. The van der Waals surface area contributed by atoms with E-state index in [1.54, 1.807) is 24.3 Å². The normalized spacial score (nSPS) is 10.3. The van der Waals surface area contributed by atoms with Crippen LogP contribution in [0.1, 0.15) is 41.3 Å². The summed E-state index contributed by atoms with van der Waals surface area (Å²) >= 11 is 0. The highest BCUT2D eigenvalue weighted by molar-refractivity contribution is 5.96. The van der Waals surface area contributed by atoms with Crippen LogP contribution in [0, 0.1) is 13.8 Å². The van der Waals surface area contributed by atoms with Crippen LogP contribution in [0.3, 0.4) is 0 Å². The summed E-state index contributed by atoms with van der Waals surface area (Å²) in [4.78, 5) is 24.1. The molecule has 0 atom stereocenters. The Bertz CT molecular complexity index is 754. The van der Waals surface area contributed by atoms with Crippen molar-refractivity contribution in [2.75, 3.05) is 23.7 Å². The van der Waals surface area contributed by atoms with Crippen molar-refractivity contribution in [3.8, 4) is 0 Å². The molecule has 0 spiro atoms. The zero-order valence-corrected chi connectivity index (χ0v) is 15.7. The predicted octanol–water partition coefficient (Wildman–Crippen LogP) is 3.88. The van der Waals surface area contributed by atoms with Crippen LogP contribution in [0.5, 0.6) is 0 Å². The molecule has 138 valence electrons. The van der Waals surface area contributed by atoms with E-state index in [4.69, 9.17) is 0 Å². The Morgan fingerprint density at radius 2 is 1.73 bits per heavy atom. The van der Waals surface area contributed by atoms with Gasteiger partial charge < -0.3 is 16.0 Å². The third-order valence-corrected chi connectivity index (χ3v) is 4.08. The fourth-order valence-corrected chi connectivity index (χ4v) is 2.49. The van der Waals surface area contributed by atoms with E-state index in [1.807, 2.05) is 32.0 Å². The van der Waals surface area contributed by atoms with Crippen molar-refractivity contribution in [2.45, 2.75) is 33.6 Å². The maximum Gasteiger partial charge on any atom is 0.251 e. The molecule has 0 heterocycles. The van der Waals surface area contributed by atoms with E-state index in [9.17, 15) is 9.59 Å². The van der Waals surface area contributed by atoms with Gasteiger partial charge in [0.15, 0.2) is 0 Å². The van der Waals surface area contributed by atoms with Gasteiger partial charge in [0.05, 0.1) is 6.54 Å². The second kappa shape index (κ2) is 9.61. The molecule has 2 aromatic rings. The van der Waals surface area contributed by atoms with Crippen molar-refractivity contribution in [3.05, 3.63) is 59.2 Å². The summed E-state index contributed by atoms with van der Waals surface area (Å²) in [6, 6.07) is 13.0. The Morgan fingerprint density at radius 1 is 1.00 bits per heavy atom. The number of carbonyl (C=O) groups is 2. The topological polar surface area (TPSA) is 70.2 Å². The van der Waals surface area contributed by atoms with E-state index in [-0.39, 0.29) is 18.4 Å². The molecule has 0 aliphatic rings. The van der Waals surface area contributed by atoms with Crippen molar-refractivity contribution >= 4 is 23.2 Å². The average molecular weight is 353 g/mol. The van der Waals surface area contributed by atoms with Crippen molar-refractivity contribution in [3.63, 3.8) is 0 Å². The van der Waals surface area contributed by atoms with Crippen molar-refractivity contribution < 1.29 is 9.59 Å². The molecule has 5 heteroatoms. The first-order valence-electron chi connectivity index (χ1n) is 8.99. The highest BCUT2D eigenvalue weighted by atomic mass is 16.2. The van der Waals surface area contributed by atoms with Crippen LogP contribution in [0.25, 0.3) is 0 Å². The molecule has 0 aliphatic heterocycles. The summed E-state index contributed by atoms with van der Waals surface area (Å²) in [5.74, 6) is -0.223. The van der Waals surface area contributed by atoms with Gasteiger partial charge in [-0.1, -0.05) is 25.5 Å². The molecule has 0 saturated carbocycles. The molecule has 0 bridgehead atoms. The van der Waals surface area contributed by atoms with E-state index >= 15 is 0 Å². The van der Waals surface area contributed by atoms with Gasteiger partial charge in [-0.25, -0.2) is 0 Å². The van der Waals surface area contributed by atoms with E-state index < -0.39 is 0 Å². The minimum absolute atomic E-state index is 0.0899. The smallest absolute Gasteiger partial charge is 0.251 e. The minimum Gasteiger partial charge on any atom is -0.376 e. The Balaban J connectivity index is 1.85. The fourth-order valence-electron chi connectivity index (χ4n) is 2.49. The number of rotatable bonds is 8. The third kappa shape index (κ3) is 5.92. The first-order chi connectivity index (χ1) is 12.5. The number of hydrogen-bond donors (Lipinski definition) is 3. The lowest BCUT2D eigenvalue weighted by atomic mass is 10.1. The molecule has 5 nitrogen and oxygen atoms in total. The fraction of sp³-hybridized carbons (Fsp3) is 0.333. The molecule has 2 aromatic carbocycles. The number of unbranched alkanes of at least 4 members (excludes halogenated alkanes) is 1. The van der Waals surface area contributed by atoms with Gasteiger partial charge in [0.25, 0.3) is 5.91 Å². The van der Waals surface area contributed by atoms with Gasteiger partial charge in [0, 0.05) is 23.5 Å². The lowest BCUT2D eigenvalue weighted by molar-refractivity contribution is -0.114. The monoisotopic (exact) mass is 353 g/mol. The van der Waals surface area contributed by atoms with Crippen molar-refractivity contribution in [1.82, 2.24) is 5.32 Å². The summed E-state index contributed by atoms with van der Waals surface area (Å²) in [5, 5.41) is 8.86. The lowest BCUT2D eigenvalue weighted by Crippen LogP contribution is -2.24. The Labute approximate surface area is 155 Å². The molecule has 26 heavy (non-hydrogen) atoms. The van der Waals surface area contributed by atoms with Crippen LogP contribution in [0.4, 0.5) is 11.4 Å². The number of aryl methyl sites for hydroxylation is 2. The zero-order valence-electron chi connectivity index (χ0n) is 15.7. The van der Waals surface area contributed by atoms with Gasteiger partial charge in [-0.3, -0.25) is 9.59 Å². The summed E-state index contributed by atoms with van der Waals surface area (Å²) in [6.07, 6.45) is 2.01. The zero-order chi connectivity index (χ0) is 18.9. The van der Waals surface area contributed by atoms with Gasteiger partial charge in [0.1, 0.15) is 0 Å². The van der Waals surface area contributed by atoms with Gasteiger partial charge in [-0.2, -0.15) is 0 Å². The van der Waals surface area contributed by atoms with Gasteiger partial charge >= 0.3 is 0 Å². The average Bonchev–Trinajstić information content (AvgIpc) is 2.63. The SMILES string of the molecule is CCCCNC(=O)c1ccc(NC(=O)CNc2cc(C)ccc2C)cc1. The lowest BCUT2D eigenvalue weighted by Gasteiger charge is -2.11. The number of amides is 2. The predicted molar refractivity (Wildman–Crippen MR) is 107 cm³/mol. The maximum absolute atomic E-state index is 12.1. The first kappa shape index (κ1) is 19.5. The quantitative estimate of drug-likeness (QED) is 0.631. The second-order valence-corrected chi connectivity index (χ2v) is 6.41. The molecule has 2 amide bonds. The molecule has 0 saturated heterocycles. The van der Waals surface area contributed by atoms with Crippen LogP contribution in [-0.2, 0) is 4.79 Å². The number of hydrogen-bond acceptors (Lipinski definition) is 3. The highest BCUT2D eigenvalue weighted by Crippen LogP contribution is 2.16. The summed E-state index contributed by atoms with van der Waals surface area (Å²) in [5.41, 5.74) is 4.46. The summed E-state index contributed by atoms with van der Waals surface area (Å²) in [7, 11) is 0. The van der Waals surface area contributed by atoms with E-state index in [2.05, 4.69) is 22.9 Å². The van der Waals surface area contributed by atoms with Crippen LogP contribution >= 0.6 is 0 Å². The van der Waals surface area contributed by atoms with E-state index in [0.29, 0.717) is 17.8 Å². The maximum atomic E-state index is 12.1. The van der Waals surface area contributed by atoms with Crippen LogP contribution in [0.2, 0.25) is 0 Å². The number of benzene rings is 2. The molecule has 0 aliphatic carbocycles. The molecular formula is C21H27N3O2. The van der Waals surface area contributed by atoms with Gasteiger partial charge in [0.2, 0.25) is 5.91 Å². The van der Waals surface area contributed by atoms with Crippen molar-refractivity contribution in [1.29, 1.82) is 0 Å². The number of anilines is 2. The van der Waals surface area contributed by atoms with E-state index in [0.717, 1.165) is 29.7 Å². The Kier molecular flexibility index (Phi) is 7.21. The van der Waals surface area contributed by atoms with Gasteiger partial charge in [-0.05, 0) is 61.7 Å². The molecule has 2 rings (SSSR count). The van der Waals surface area contributed by atoms with Crippen LogP contribution < -0.4 is 16.0 Å². The molecule has 0 fully saturated rings. The minimum atomic E-state index is -0.133. The highest BCUT2D eigenvalue weighted by Gasteiger charge is 2.07. The largest absolute Gasteiger partial charge is 0.376 e. The molecular weight excluding hydrogens is 326 g/mol. The first-order valence-corrected chi connectivity index (χ1v) is 8.99. The third-order valence-electron chi connectivity index (χ3n) is 4.08. The molecule has 0 unspecified atom stereocenters. The number of carbonyl (C=O) groups excluding carboxylic acids is 2. The van der Waals surface area contributed by atoms with Gasteiger partial charge in [-0.15, -0.1) is 0 Å². The molecule has 0 radical (unpaired) electrons. The Morgan fingerprint density at radius 3 is 2.42 bits per heavy atom. The van der Waals surface area contributed by atoms with Crippen LogP contribution in [0.15, 0.2) is 42.5 Å². The standard InChI is InChI=1S/C21H27N3O2/c1-4-5-12-22-21(26)17-8-10-18(11-9-17)24-20(25)14-23-19-13-15(2)6-7-16(19)3/h6-11,13,23H,4-5,12,14H2,1-3H3,(H,22,26)(H,24,25). The van der Waals surface area contributed by atoms with E-state index in [1.165, 1.54) is 0 Å². The molecule has 3 N–H and O–H groups in total. The summed E-state index contributed by atoms with van der Waals surface area (Å²) in [6.45, 7) is 6.97. The van der Waals surface area contributed by atoms with Crippen LogP contribution in [-0.4, -0.2) is 24.9 Å². The Hall–Kier alpha value is -2.82. The molecule has 0 aromatic heterocycles. The van der Waals surface area contributed by atoms with Crippen molar-refractivity contribution in [2.24, 2.45) is 0 Å².